The number of nitrogen functional groups attached to an aromatic ring is 1. The van der Waals surface area contributed by atoms with E-state index in [-0.39, 0.29) is 4.73 Å². The number of anilines is 1. The van der Waals surface area contributed by atoms with Crippen LogP contribution in [0.15, 0.2) is 4.79 Å². The van der Waals surface area contributed by atoms with Crippen LogP contribution in [-0.2, 0) is 0 Å². The summed E-state index contributed by atoms with van der Waals surface area (Å²) in [5, 5.41) is 24.4. The number of rotatable bonds is 0. The molecule has 0 bridgehead atoms. The Morgan fingerprint density at radius 2 is 2.18 bits per heavy atom. The Kier molecular flexibility index (Phi) is 1.34. The molecule has 0 amide bonds. The molecule has 11 heavy (non-hydrogen) atoms. The molecule has 1 aromatic rings. The second-order valence-electron chi connectivity index (χ2n) is 1.85. The third-order valence-corrected chi connectivity index (χ3v) is 1.13. The first-order chi connectivity index (χ1) is 5.04. The third-order valence-electron chi connectivity index (χ3n) is 1.13. The van der Waals surface area contributed by atoms with E-state index in [1.165, 1.54) is 0 Å². The van der Waals surface area contributed by atoms with Gasteiger partial charge in [-0.2, -0.15) is 0 Å². The van der Waals surface area contributed by atoms with Crippen LogP contribution in [-0.4, -0.2) is 20.0 Å². The maximum Gasteiger partial charge on any atom is 0.296 e. The predicted octanol–water partition coefficient (Wildman–Crippen LogP) is -1.82. The lowest BCUT2D eigenvalue weighted by Gasteiger charge is -2.01. The van der Waals surface area contributed by atoms with Crippen molar-refractivity contribution in [3.63, 3.8) is 0 Å². The zero-order valence-electron chi connectivity index (χ0n) is 5.33. The van der Waals surface area contributed by atoms with Gasteiger partial charge < -0.3 is 16.0 Å². The summed E-state index contributed by atoms with van der Waals surface area (Å²) in [7, 11) is 0. The van der Waals surface area contributed by atoms with Gasteiger partial charge in [0, 0.05) is 0 Å². The summed E-state index contributed by atoms with van der Waals surface area (Å²) in [6, 6.07) is 0. The average molecular weight is 158 g/mol. The molecule has 6 N–H and O–H groups in total. The molecular formula is C4H6N4O3. The Labute approximate surface area is 59.8 Å². The van der Waals surface area contributed by atoms with Gasteiger partial charge >= 0.3 is 0 Å². The van der Waals surface area contributed by atoms with Gasteiger partial charge in [-0.25, -0.2) is 0 Å². The van der Waals surface area contributed by atoms with Gasteiger partial charge in [0.15, 0.2) is 0 Å². The highest BCUT2D eigenvalue weighted by Gasteiger charge is 2.05. The van der Waals surface area contributed by atoms with Crippen molar-refractivity contribution in [2.24, 2.45) is 0 Å². The smallest absolute Gasteiger partial charge is 0.296 e. The van der Waals surface area contributed by atoms with E-state index in [4.69, 9.17) is 21.5 Å². The first kappa shape index (κ1) is 7.19. The Bertz CT molecular complexity index is 389. The van der Waals surface area contributed by atoms with Gasteiger partial charge in [-0.15, -0.1) is 4.73 Å². The molecule has 0 aliphatic rings. The van der Waals surface area contributed by atoms with Crippen molar-refractivity contribution >= 4 is 5.82 Å². The quantitative estimate of drug-likeness (QED) is 0.285. The van der Waals surface area contributed by atoms with Crippen LogP contribution in [0.2, 0.25) is 0 Å². The summed E-state index contributed by atoms with van der Waals surface area (Å²) >= 11 is 0. The first-order valence-corrected chi connectivity index (χ1v) is 2.61. The van der Waals surface area contributed by atoms with E-state index in [9.17, 15) is 4.79 Å². The number of nitrogens with one attached hydrogen (secondary N) is 2. The van der Waals surface area contributed by atoms with Gasteiger partial charge in [0.05, 0.1) is 0 Å². The molecule has 0 saturated heterocycles. The normalized spacial score (nSPS) is 9.82. The highest BCUT2D eigenvalue weighted by atomic mass is 16.5. The second kappa shape index (κ2) is 2.04. The molecule has 0 aromatic carbocycles. The van der Waals surface area contributed by atoms with Gasteiger partial charge in [0.2, 0.25) is 17.2 Å². The number of nitrogens with zero attached hydrogens (tertiary/aromatic N) is 1. The zero-order chi connectivity index (χ0) is 8.59. The fraction of sp³-hybridized carbons (Fsp3) is 0. The number of aromatic amines is 1. The molecule has 1 rings (SSSR count). The first-order valence-electron chi connectivity index (χ1n) is 2.61. The van der Waals surface area contributed by atoms with Gasteiger partial charge in [0.25, 0.3) is 5.56 Å². The number of aromatic nitrogens is 2. The fourth-order valence-corrected chi connectivity index (χ4v) is 0.548. The standard InChI is InChI=1S/C4H6N4O3/c5-1-3(9)7-4(10)2(6)8(1)11/h5,10-11H,6H2,(H,7,9). The van der Waals surface area contributed by atoms with E-state index in [0.717, 1.165) is 0 Å². The van der Waals surface area contributed by atoms with Crippen molar-refractivity contribution in [1.82, 2.24) is 9.71 Å². The average Bonchev–Trinajstić information content (AvgIpc) is 1.97. The molecule has 0 atom stereocenters. The summed E-state index contributed by atoms with van der Waals surface area (Å²) < 4.78 is 0.0914. The summed E-state index contributed by atoms with van der Waals surface area (Å²) in [5.74, 6) is -1.14. The maximum atomic E-state index is 10.6. The van der Waals surface area contributed by atoms with E-state index in [2.05, 4.69) is 0 Å². The van der Waals surface area contributed by atoms with E-state index in [1.54, 1.807) is 0 Å². The second-order valence-corrected chi connectivity index (χ2v) is 1.85. The van der Waals surface area contributed by atoms with Crippen molar-refractivity contribution in [1.29, 1.82) is 5.41 Å². The monoisotopic (exact) mass is 158 g/mol. The molecule has 0 fully saturated rings. The summed E-state index contributed by atoms with van der Waals surface area (Å²) in [5.41, 5.74) is 3.37. The minimum Gasteiger partial charge on any atom is -0.492 e. The SMILES string of the molecule is N=c1c(=O)[nH]c(O)c(N)n1O. The molecule has 0 aliphatic heterocycles. The number of aromatic hydroxyl groups is 1. The summed E-state index contributed by atoms with van der Waals surface area (Å²) in [4.78, 5) is 12.4. The Morgan fingerprint density at radius 3 is 2.73 bits per heavy atom. The van der Waals surface area contributed by atoms with E-state index < -0.39 is 22.7 Å². The lowest BCUT2D eigenvalue weighted by Crippen LogP contribution is -2.36. The number of H-pyrrole nitrogens is 1. The third kappa shape index (κ3) is 0.914. The Balaban J connectivity index is 3.73. The number of hydrogen-bond donors (Lipinski definition) is 5. The summed E-state index contributed by atoms with van der Waals surface area (Å²) in [6.45, 7) is 0. The fourth-order valence-electron chi connectivity index (χ4n) is 0.548. The maximum absolute atomic E-state index is 10.6. The van der Waals surface area contributed by atoms with Crippen LogP contribution in [0, 0.1) is 5.41 Å². The van der Waals surface area contributed by atoms with Crippen LogP contribution in [0.25, 0.3) is 0 Å². The molecule has 7 heteroatoms. The lowest BCUT2D eigenvalue weighted by atomic mass is 10.6. The summed E-state index contributed by atoms with van der Waals surface area (Å²) in [6.07, 6.45) is 0. The van der Waals surface area contributed by atoms with E-state index >= 15 is 0 Å². The largest absolute Gasteiger partial charge is 0.492 e. The molecule has 0 aliphatic carbocycles. The molecule has 0 saturated carbocycles. The highest BCUT2D eigenvalue weighted by molar-refractivity contribution is 5.38. The van der Waals surface area contributed by atoms with Gasteiger partial charge in [-0.1, -0.05) is 0 Å². The Hall–Kier alpha value is -1.92. The highest BCUT2D eigenvalue weighted by Crippen LogP contribution is 2.07. The van der Waals surface area contributed by atoms with Crippen LogP contribution in [0.4, 0.5) is 5.82 Å². The molecule has 0 spiro atoms. The van der Waals surface area contributed by atoms with Crippen LogP contribution in [0.1, 0.15) is 0 Å². The zero-order valence-corrected chi connectivity index (χ0v) is 5.33. The lowest BCUT2D eigenvalue weighted by molar-refractivity contribution is 0.171. The minimum atomic E-state index is -0.917. The van der Waals surface area contributed by atoms with Crippen LogP contribution >= 0.6 is 0 Å². The molecular weight excluding hydrogens is 152 g/mol. The van der Waals surface area contributed by atoms with Gasteiger partial charge in [0.1, 0.15) is 0 Å². The van der Waals surface area contributed by atoms with Crippen molar-refractivity contribution in [3.05, 3.63) is 15.8 Å². The molecule has 7 nitrogen and oxygen atoms in total. The molecule has 0 unspecified atom stereocenters. The number of hydrogen-bond acceptors (Lipinski definition) is 5. The molecule has 1 aromatic heterocycles. The molecule has 60 valence electrons. The van der Waals surface area contributed by atoms with Crippen molar-refractivity contribution < 1.29 is 10.3 Å². The van der Waals surface area contributed by atoms with E-state index in [0.29, 0.717) is 0 Å². The topological polar surface area (TPSA) is 128 Å². The van der Waals surface area contributed by atoms with Crippen LogP contribution in [0.5, 0.6) is 5.88 Å². The molecule has 1 heterocycles. The van der Waals surface area contributed by atoms with E-state index in [1.807, 2.05) is 4.98 Å². The van der Waals surface area contributed by atoms with Crippen LogP contribution < -0.4 is 16.8 Å². The van der Waals surface area contributed by atoms with Crippen molar-refractivity contribution in [2.45, 2.75) is 0 Å². The predicted molar refractivity (Wildman–Crippen MR) is 34.2 cm³/mol. The van der Waals surface area contributed by atoms with Gasteiger partial charge in [-0.3, -0.25) is 15.2 Å². The van der Waals surface area contributed by atoms with Crippen LogP contribution in [0.3, 0.4) is 0 Å². The Morgan fingerprint density at radius 1 is 1.64 bits per heavy atom. The molecule has 0 radical (unpaired) electrons. The van der Waals surface area contributed by atoms with Gasteiger partial charge in [-0.05, 0) is 0 Å². The van der Waals surface area contributed by atoms with Crippen molar-refractivity contribution in [3.8, 4) is 5.88 Å². The van der Waals surface area contributed by atoms with Crippen molar-refractivity contribution in [2.75, 3.05) is 5.73 Å². The minimum absolute atomic E-state index is 0.0914. The number of nitrogens with two attached hydrogens (primary N) is 1.